The molecule has 1 amide bonds. The minimum atomic E-state index is -2.56. The van der Waals surface area contributed by atoms with Crippen molar-refractivity contribution in [2.45, 2.75) is 106 Å². The molecule has 0 unspecified atom stereocenters. The molecule has 2 saturated carbocycles. The Balaban J connectivity index is 1.10. The van der Waals surface area contributed by atoms with E-state index < -0.39 is 54.4 Å². The van der Waals surface area contributed by atoms with Crippen molar-refractivity contribution in [1.82, 2.24) is 10.2 Å². The van der Waals surface area contributed by atoms with E-state index in [9.17, 15) is 35.1 Å². The lowest BCUT2D eigenvalue weighted by Crippen LogP contribution is -2.69. The van der Waals surface area contributed by atoms with Crippen molar-refractivity contribution in [3.8, 4) is 17.2 Å². The Morgan fingerprint density at radius 2 is 1.86 bits per heavy atom. The molecule has 2 bridgehead atoms. The molecule has 7 aliphatic rings. The van der Waals surface area contributed by atoms with Crippen LogP contribution in [-0.4, -0.2) is 124 Å². The number of methoxy groups -OCH3 is 1. The third-order valence-electron chi connectivity index (χ3n) is 14.2. The molecule has 0 radical (unpaired) electrons. The van der Waals surface area contributed by atoms with E-state index in [1.165, 1.54) is 24.9 Å². The zero-order chi connectivity index (χ0) is 44.3. The van der Waals surface area contributed by atoms with Crippen LogP contribution in [0.3, 0.4) is 0 Å². The maximum Gasteiger partial charge on any atom is 0.254 e. The summed E-state index contributed by atoms with van der Waals surface area (Å²) in [6.45, 7) is -0.692. The van der Waals surface area contributed by atoms with Gasteiger partial charge in [-0.2, -0.15) is 4.99 Å². The molecule has 3 fully saturated rings. The van der Waals surface area contributed by atoms with Crippen LogP contribution in [0.25, 0.3) is 16.8 Å². The number of carbonyl (C=O) groups is 2. The van der Waals surface area contributed by atoms with Crippen molar-refractivity contribution in [2.75, 3.05) is 33.4 Å². The van der Waals surface area contributed by atoms with Gasteiger partial charge in [-0.15, -0.1) is 0 Å². The summed E-state index contributed by atoms with van der Waals surface area (Å²) < 4.78 is 25.4. The fraction of sp³-hybridized carbons (Fsp3) is 0.440. The monoisotopic (exact) mass is 872 g/mol. The lowest BCUT2D eigenvalue weighted by Gasteiger charge is -2.47. The number of rotatable bonds is 10. The predicted molar refractivity (Wildman–Crippen MR) is 237 cm³/mol. The highest BCUT2D eigenvalue weighted by Crippen LogP contribution is 2.50. The first kappa shape index (κ1) is 42.6. The predicted octanol–water partition coefficient (Wildman–Crippen LogP) is 4.95. The van der Waals surface area contributed by atoms with Crippen molar-refractivity contribution < 1.29 is 54.1 Å². The van der Waals surface area contributed by atoms with E-state index in [0.29, 0.717) is 34.8 Å². The number of aromatic hydroxyl groups is 1. The van der Waals surface area contributed by atoms with E-state index in [-0.39, 0.29) is 53.8 Å². The number of nitrogens with zero attached hydrogens (tertiary/aromatic N) is 2. The maximum absolute atomic E-state index is 14.7. The van der Waals surface area contributed by atoms with Gasteiger partial charge in [0.15, 0.2) is 17.1 Å². The van der Waals surface area contributed by atoms with Crippen molar-refractivity contribution in [3.05, 3.63) is 111 Å². The molecule has 6 N–H and O–H groups in total. The molecule has 3 aliphatic carbocycles. The topological polar surface area (TPSA) is 200 Å². The molecule has 3 aromatic rings. The summed E-state index contributed by atoms with van der Waals surface area (Å²) in [6.07, 6.45) is 12.0. The van der Waals surface area contributed by atoms with Crippen LogP contribution in [0.5, 0.6) is 17.2 Å². The number of phenolic OH excluding ortho intramolecular Hbond substituents is 1. The van der Waals surface area contributed by atoms with Gasteiger partial charge in [-0.3, -0.25) is 9.59 Å². The second-order valence-corrected chi connectivity index (χ2v) is 18.1. The Kier molecular flexibility index (Phi) is 11.5. The number of phenols is 1. The van der Waals surface area contributed by atoms with Crippen LogP contribution in [-0.2, 0) is 16.0 Å². The van der Waals surface area contributed by atoms with Crippen molar-refractivity contribution in [1.29, 1.82) is 0 Å². The molecule has 334 valence electrons. The first-order valence-electron chi connectivity index (χ1n) is 22.5. The van der Waals surface area contributed by atoms with E-state index in [1.54, 1.807) is 36.6 Å². The smallest absolute Gasteiger partial charge is 0.254 e. The van der Waals surface area contributed by atoms with Crippen LogP contribution >= 0.6 is 0 Å². The number of hydrogen-bond acceptors (Lipinski definition) is 13. The summed E-state index contributed by atoms with van der Waals surface area (Å²) in [5.74, 6) is -0.944. The number of ketones is 1. The van der Waals surface area contributed by atoms with E-state index in [2.05, 4.69) is 17.8 Å². The number of benzene rings is 3. The summed E-state index contributed by atoms with van der Waals surface area (Å²) in [4.78, 5) is 34.4. The second kappa shape index (κ2) is 17.2. The molecular formula is C50H54N3O11+. The van der Waals surface area contributed by atoms with Crippen LogP contribution in [0.15, 0.2) is 82.0 Å². The highest BCUT2D eigenvalue weighted by Gasteiger charge is 2.57. The molecule has 4 aliphatic heterocycles. The molecule has 3 aromatic carbocycles. The summed E-state index contributed by atoms with van der Waals surface area (Å²) >= 11 is 0. The molecule has 0 aromatic heterocycles. The van der Waals surface area contributed by atoms with Gasteiger partial charge in [0.05, 0.1) is 55.2 Å². The van der Waals surface area contributed by atoms with Gasteiger partial charge in [0.2, 0.25) is 6.29 Å². The number of ether oxygens (including phenoxy) is 4. The Morgan fingerprint density at radius 1 is 1.08 bits per heavy atom. The SMILES string of the molecule is COc1cc2cc(C3CCCC3)c(C(=O)CN3Cc4ccccc4C3=O)c(O)c2c2c1/C=C/[C@H](C1=C3[CH+]C(CNC4CCCC4)=CC=C3N=C1)OC[C@H]1O[C@H](O2)[C@@](O)(CO)[C@@H](O)[C@@H]1O. The quantitative estimate of drug-likeness (QED) is 0.119. The molecule has 6 atom stereocenters. The number of aliphatic hydroxyl groups excluding tert-OH is 3. The number of amides is 1. The highest BCUT2D eigenvalue weighted by atomic mass is 16.7. The number of hydrogen-bond donors (Lipinski definition) is 6. The minimum absolute atomic E-state index is 0.0480. The van der Waals surface area contributed by atoms with Gasteiger partial charge in [-0.05, 0) is 78.5 Å². The summed E-state index contributed by atoms with van der Waals surface area (Å²) in [5.41, 5.74) is 3.18. The third-order valence-corrected chi connectivity index (χ3v) is 14.2. The van der Waals surface area contributed by atoms with E-state index >= 15 is 0 Å². The first-order valence-corrected chi connectivity index (χ1v) is 22.5. The normalized spacial score (nSPS) is 28.5. The maximum atomic E-state index is 14.7. The fourth-order valence-corrected chi connectivity index (χ4v) is 10.6. The van der Waals surface area contributed by atoms with Gasteiger partial charge < -0.3 is 54.7 Å². The van der Waals surface area contributed by atoms with Crippen LogP contribution < -0.4 is 14.8 Å². The Labute approximate surface area is 371 Å². The molecule has 14 heteroatoms. The number of nitrogens with one attached hydrogen (secondary N) is 1. The van der Waals surface area contributed by atoms with Gasteiger partial charge in [-0.1, -0.05) is 43.9 Å². The lowest BCUT2D eigenvalue weighted by molar-refractivity contribution is -0.329. The fourth-order valence-electron chi connectivity index (χ4n) is 10.6. The number of fused-ring (bicyclic) bond motifs is 7. The standard InChI is InChI=1S/C50H53N3O11/c1-61-40-20-30-19-34(28-8-2-3-9-28)43(38(55)24-53-23-29-10-4-7-13-32(29)48(53)59)45(57)42(30)46-33(40)15-17-39(62-25-41-44(56)47(58)50(60,26-54)49(63-41)64-46)36-22-52-37-16-14-27(18-35(36)37)21-51-31-11-5-6-12-31/h4,7,10,13-20,22,28,31,39,41,44,47,49,51,54,56,58,60H,2-3,5-6,8-9,11-12,21,23-26H2,1H3/p+1/b17-15+/t39-,41-,44-,47+,49-,50-/m1/s1. The van der Waals surface area contributed by atoms with Crippen LogP contribution in [0.4, 0.5) is 0 Å². The molecule has 0 spiro atoms. The first-order chi connectivity index (χ1) is 31.1. The number of aliphatic hydroxyl groups is 4. The van der Waals surface area contributed by atoms with Crippen molar-refractivity contribution in [2.24, 2.45) is 4.99 Å². The number of Topliss-reactive ketones (excluding diaryl/α,β-unsaturated/α-hetero) is 1. The van der Waals surface area contributed by atoms with E-state index in [1.807, 2.05) is 24.3 Å². The largest absolute Gasteiger partial charge is 0.506 e. The summed E-state index contributed by atoms with van der Waals surface area (Å²) in [7, 11) is 1.49. The summed E-state index contributed by atoms with van der Waals surface area (Å²) in [6, 6.07) is 11.3. The zero-order valence-electron chi connectivity index (χ0n) is 35.7. The van der Waals surface area contributed by atoms with Crippen molar-refractivity contribution in [3.63, 3.8) is 0 Å². The van der Waals surface area contributed by atoms with Gasteiger partial charge in [0.1, 0.15) is 47.2 Å². The van der Waals surface area contributed by atoms with E-state index in [4.69, 9.17) is 23.9 Å². The summed E-state index contributed by atoms with van der Waals surface area (Å²) in [5, 5.41) is 62.1. The number of carbonyl (C=O) groups excluding carboxylic acids is 2. The second-order valence-electron chi connectivity index (χ2n) is 18.1. The van der Waals surface area contributed by atoms with Gasteiger partial charge in [0.25, 0.3) is 5.91 Å². The Morgan fingerprint density at radius 3 is 2.62 bits per heavy atom. The zero-order valence-corrected chi connectivity index (χ0v) is 35.7. The molecule has 10 rings (SSSR count). The molecule has 1 saturated heterocycles. The van der Waals surface area contributed by atoms with Gasteiger partial charge in [-0.25, -0.2) is 0 Å². The van der Waals surface area contributed by atoms with Gasteiger partial charge >= 0.3 is 0 Å². The molecule has 4 heterocycles. The average molecular weight is 873 g/mol. The lowest BCUT2D eigenvalue weighted by atomic mass is 9.86. The van der Waals surface area contributed by atoms with Crippen molar-refractivity contribution >= 4 is 34.8 Å². The van der Waals surface area contributed by atoms with Crippen LogP contribution in [0.2, 0.25) is 0 Å². The van der Waals surface area contributed by atoms with Crippen LogP contribution in [0, 0.1) is 6.42 Å². The van der Waals surface area contributed by atoms with Gasteiger partial charge in [0, 0.05) is 48.8 Å². The van der Waals surface area contributed by atoms with Crippen LogP contribution in [0.1, 0.15) is 94.7 Å². The molecular weight excluding hydrogens is 819 g/mol. The minimum Gasteiger partial charge on any atom is -0.506 e. The van der Waals surface area contributed by atoms with E-state index in [0.717, 1.165) is 66.5 Å². The highest BCUT2D eigenvalue weighted by molar-refractivity contribution is 6.11. The average Bonchev–Trinajstić information content (AvgIpc) is 4.15. The number of aliphatic imine (C=N–C) groups is 1. The Hall–Kier alpha value is -5.32. The molecule has 14 nitrogen and oxygen atoms in total. The third kappa shape index (κ3) is 7.44. The number of allylic oxidation sites excluding steroid dienone is 3. The Bertz CT molecular complexity index is 2530. The molecule has 64 heavy (non-hydrogen) atoms.